The van der Waals surface area contributed by atoms with Gasteiger partial charge in [-0.3, -0.25) is 0 Å². The molecule has 18 heavy (non-hydrogen) atoms. The van der Waals surface area contributed by atoms with Crippen LogP contribution >= 0.6 is 0 Å². The molecule has 1 aromatic carbocycles. The number of ether oxygens (including phenoxy) is 1. The van der Waals surface area contributed by atoms with Gasteiger partial charge in [0.15, 0.2) is 0 Å². The summed E-state index contributed by atoms with van der Waals surface area (Å²) < 4.78 is 8.05. The van der Waals surface area contributed by atoms with E-state index < -0.39 is 0 Å². The Bertz CT molecular complexity index is 511. The molecule has 2 aromatic rings. The molecule has 0 saturated heterocycles. The third-order valence-electron chi connectivity index (χ3n) is 3.06. The summed E-state index contributed by atoms with van der Waals surface area (Å²) in [4.78, 5) is 0. The van der Waals surface area contributed by atoms with Gasteiger partial charge in [-0.1, -0.05) is 13.8 Å². The second kappa shape index (κ2) is 5.47. The topological polar surface area (TPSA) is 14.2 Å². The molecule has 0 atom stereocenters. The molecule has 1 aromatic heterocycles. The van der Waals surface area contributed by atoms with Crippen LogP contribution in [0, 0.1) is 5.92 Å². The van der Waals surface area contributed by atoms with Gasteiger partial charge in [0.25, 0.3) is 0 Å². The zero-order chi connectivity index (χ0) is 13.1. The number of fused-ring (bicyclic) bond motifs is 1. The Balaban J connectivity index is 2.20. The molecule has 0 unspecified atom stereocenters. The van der Waals surface area contributed by atoms with Gasteiger partial charge in [0.05, 0.1) is 6.10 Å². The molecule has 0 aliphatic heterocycles. The Labute approximate surface area is 110 Å². The van der Waals surface area contributed by atoms with Crippen LogP contribution in [0.3, 0.4) is 0 Å². The molecule has 0 fully saturated rings. The number of aromatic nitrogens is 1. The highest BCUT2D eigenvalue weighted by molar-refractivity contribution is 5.81. The molecule has 0 spiro atoms. The monoisotopic (exact) mass is 245 g/mol. The summed E-state index contributed by atoms with van der Waals surface area (Å²) in [5.74, 6) is 1.70. The highest BCUT2D eigenvalue weighted by Crippen LogP contribution is 2.23. The first-order valence-corrected chi connectivity index (χ1v) is 6.82. The van der Waals surface area contributed by atoms with Crippen molar-refractivity contribution in [1.29, 1.82) is 0 Å². The van der Waals surface area contributed by atoms with E-state index in [-0.39, 0.29) is 6.10 Å². The molecule has 1 heterocycles. The molecule has 98 valence electrons. The second-order valence-corrected chi connectivity index (χ2v) is 5.58. The average Bonchev–Trinajstić information content (AvgIpc) is 2.68. The molecule has 2 heteroatoms. The number of hydrogen-bond acceptors (Lipinski definition) is 1. The lowest BCUT2D eigenvalue weighted by atomic mass is 10.1. The summed E-state index contributed by atoms with van der Waals surface area (Å²) in [5.41, 5.74) is 1.30. The Kier molecular flexibility index (Phi) is 3.95. The fourth-order valence-corrected chi connectivity index (χ4v) is 2.12. The van der Waals surface area contributed by atoms with Gasteiger partial charge in [0, 0.05) is 23.6 Å². The zero-order valence-corrected chi connectivity index (χ0v) is 11.8. The highest BCUT2D eigenvalue weighted by atomic mass is 16.5. The summed E-state index contributed by atoms with van der Waals surface area (Å²) in [5, 5.41) is 1.26. The van der Waals surface area contributed by atoms with Gasteiger partial charge in [-0.25, -0.2) is 0 Å². The summed E-state index contributed by atoms with van der Waals surface area (Å²) in [6.07, 6.45) is 3.62. The van der Waals surface area contributed by atoms with Crippen LogP contribution in [0.15, 0.2) is 30.5 Å². The van der Waals surface area contributed by atoms with E-state index in [1.165, 1.54) is 17.3 Å². The number of nitrogens with zero attached hydrogens (tertiary/aromatic N) is 1. The van der Waals surface area contributed by atoms with Crippen LogP contribution in [0.4, 0.5) is 0 Å². The average molecular weight is 245 g/mol. The van der Waals surface area contributed by atoms with Crippen molar-refractivity contribution in [2.45, 2.75) is 46.8 Å². The first-order valence-electron chi connectivity index (χ1n) is 6.82. The van der Waals surface area contributed by atoms with Gasteiger partial charge in [-0.05, 0) is 50.5 Å². The van der Waals surface area contributed by atoms with Crippen LogP contribution in [-0.4, -0.2) is 10.7 Å². The van der Waals surface area contributed by atoms with E-state index in [4.69, 9.17) is 4.74 Å². The Hall–Kier alpha value is -1.44. The fourth-order valence-electron chi connectivity index (χ4n) is 2.12. The number of rotatable bonds is 5. The zero-order valence-electron chi connectivity index (χ0n) is 11.8. The van der Waals surface area contributed by atoms with Crippen LogP contribution in [-0.2, 0) is 6.54 Å². The first-order chi connectivity index (χ1) is 8.56. The van der Waals surface area contributed by atoms with E-state index in [1.807, 2.05) is 0 Å². The third kappa shape index (κ3) is 3.06. The van der Waals surface area contributed by atoms with Crippen molar-refractivity contribution in [3.8, 4) is 5.75 Å². The number of aryl methyl sites for hydroxylation is 1. The van der Waals surface area contributed by atoms with Crippen molar-refractivity contribution in [2.75, 3.05) is 0 Å². The molecule has 0 aliphatic rings. The van der Waals surface area contributed by atoms with Crippen LogP contribution < -0.4 is 4.74 Å². The van der Waals surface area contributed by atoms with Crippen molar-refractivity contribution in [1.82, 2.24) is 4.57 Å². The highest BCUT2D eigenvalue weighted by Gasteiger charge is 2.04. The fraction of sp³-hybridized carbons (Fsp3) is 0.500. The van der Waals surface area contributed by atoms with Gasteiger partial charge >= 0.3 is 0 Å². The van der Waals surface area contributed by atoms with Crippen LogP contribution in [0.5, 0.6) is 5.75 Å². The van der Waals surface area contributed by atoms with E-state index in [9.17, 15) is 0 Å². The summed E-state index contributed by atoms with van der Waals surface area (Å²) >= 11 is 0. The standard InChI is InChI=1S/C16H23NO/c1-12(2)7-9-17-10-8-14-11-15(18-13(3)4)5-6-16(14)17/h5-6,8,10-13H,7,9H2,1-4H3. The predicted molar refractivity (Wildman–Crippen MR) is 77.2 cm³/mol. The molecule has 0 bridgehead atoms. The lowest BCUT2D eigenvalue weighted by Gasteiger charge is -2.11. The third-order valence-corrected chi connectivity index (χ3v) is 3.06. The van der Waals surface area contributed by atoms with Crippen molar-refractivity contribution < 1.29 is 4.74 Å². The molecule has 0 aliphatic carbocycles. The SMILES string of the molecule is CC(C)CCn1ccc2cc(OC(C)C)ccc21. The van der Waals surface area contributed by atoms with Gasteiger partial charge < -0.3 is 9.30 Å². The smallest absolute Gasteiger partial charge is 0.120 e. The lowest BCUT2D eigenvalue weighted by Crippen LogP contribution is -2.05. The van der Waals surface area contributed by atoms with Crippen LogP contribution in [0.1, 0.15) is 34.1 Å². The van der Waals surface area contributed by atoms with Crippen molar-refractivity contribution in [3.05, 3.63) is 30.5 Å². The Morgan fingerprint density at radius 2 is 1.89 bits per heavy atom. The van der Waals surface area contributed by atoms with E-state index in [0.717, 1.165) is 18.2 Å². The molecule has 0 radical (unpaired) electrons. The molecule has 0 saturated carbocycles. The maximum absolute atomic E-state index is 5.72. The van der Waals surface area contributed by atoms with Crippen molar-refractivity contribution in [3.63, 3.8) is 0 Å². The van der Waals surface area contributed by atoms with Crippen LogP contribution in [0.2, 0.25) is 0 Å². The quantitative estimate of drug-likeness (QED) is 0.757. The summed E-state index contributed by atoms with van der Waals surface area (Å²) in [6.45, 7) is 9.72. The maximum Gasteiger partial charge on any atom is 0.120 e. The first kappa shape index (κ1) is 13.0. The van der Waals surface area contributed by atoms with E-state index in [0.29, 0.717) is 0 Å². The van der Waals surface area contributed by atoms with Crippen molar-refractivity contribution in [2.24, 2.45) is 5.92 Å². The van der Waals surface area contributed by atoms with Gasteiger partial charge in [0.1, 0.15) is 5.75 Å². The van der Waals surface area contributed by atoms with E-state index >= 15 is 0 Å². The normalized spacial score (nSPS) is 11.7. The van der Waals surface area contributed by atoms with Crippen molar-refractivity contribution >= 4 is 10.9 Å². The number of hydrogen-bond donors (Lipinski definition) is 0. The molecule has 2 nitrogen and oxygen atoms in total. The second-order valence-electron chi connectivity index (χ2n) is 5.58. The van der Waals surface area contributed by atoms with Gasteiger partial charge in [0.2, 0.25) is 0 Å². The van der Waals surface area contributed by atoms with E-state index in [2.05, 4.69) is 62.7 Å². The Morgan fingerprint density at radius 1 is 1.11 bits per heavy atom. The number of benzene rings is 1. The Morgan fingerprint density at radius 3 is 2.56 bits per heavy atom. The predicted octanol–water partition coefficient (Wildman–Crippen LogP) is 4.47. The molecule has 0 N–H and O–H groups in total. The summed E-state index contributed by atoms with van der Waals surface area (Å²) in [6, 6.07) is 8.52. The largest absolute Gasteiger partial charge is 0.491 e. The minimum atomic E-state index is 0.227. The maximum atomic E-state index is 5.72. The van der Waals surface area contributed by atoms with Crippen LogP contribution in [0.25, 0.3) is 10.9 Å². The lowest BCUT2D eigenvalue weighted by molar-refractivity contribution is 0.243. The summed E-state index contributed by atoms with van der Waals surface area (Å²) in [7, 11) is 0. The molecule has 0 amide bonds. The van der Waals surface area contributed by atoms with Gasteiger partial charge in [-0.15, -0.1) is 0 Å². The molecule has 2 rings (SSSR count). The molecular formula is C16H23NO. The minimum Gasteiger partial charge on any atom is -0.491 e. The molecular weight excluding hydrogens is 222 g/mol. The van der Waals surface area contributed by atoms with Gasteiger partial charge in [-0.2, -0.15) is 0 Å². The minimum absolute atomic E-state index is 0.227. The van der Waals surface area contributed by atoms with E-state index in [1.54, 1.807) is 0 Å².